The lowest BCUT2D eigenvalue weighted by Crippen LogP contribution is -2.39. The van der Waals surface area contributed by atoms with Crippen molar-refractivity contribution < 1.29 is 23.8 Å². The number of fused-ring (bicyclic) bond motifs is 1. The van der Waals surface area contributed by atoms with Crippen LogP contribution in [0.3, 0.4) is 0 Å². The van der Waals surface area contributed by atoms with Gasteiger partial charge in [-0.25, -0.2) is 14.6 Å². The molecule has 0 saturated carbocycles. The van der Waals surface area contributed by atoms with E-state index in [9.17, 15) is 14.4 Å². The van der Waals surface area contributed by atoms with Gasteiger partial charge < -0.3 is 14.2 Å². The minimum Gasteiger partial charge on any atom is -0.493 e. The first-order valence-electron chi connectivity index (χ1n) is 12.7. The zero-order valence-corrected chi connectivity index (χ0v) is 25.4. The summed E-state index contributed by atoms with van der Waals surface area (Å²) >= 11 is 3.31. The van der Waals surface area contributed by atoms with Gasteiger partial charge in [0.2, 0.25) is 0 Å². The highest BCUT2D eigenvalue weighted by molar-refractivity contribution is 14.1. The third-order valence-corrected chi connectivity index (χ3v) is 8.34. The van der Waals surface area contributed by atoms with Crippen molar-refractivity contribution in [2.45, 2.75) is 19.9 Å². The van der Waals surface area contributed by atoms with Crippen LogP contribution in [0.5, 0.6) is 11.5 Å². The Labute approximate surface area is 253 Å². The summed E-state index contributed by atoms with van der Waals surface area (Å²) in [4.78, 5) is 44.6. The van der Waals surface area contributed by atoms with E-state index in [4.69, 9.17) is 14.2 Å². The van der Waals surface area contributed by atoms with Crippen molar-refractivity contribution in [3.8, 4) is 11.5 Å². The number of thiazole rings is 1. The van der Waals surface area contributed by atoms with Crippen LogP contribution in [0.4, 0.5) is 0 Å². The quantitative estimate of drug-likeness (QED) is 0.161. The summed E-state index contributed by atoms with van der Waals surface area (Å²) in [5, 5.41) is 0. The van der Waals surface area contributed by atoms with E-state index in [1.54, 1.807) is 54.8 Å². The largest absolute Gasteiger partial charge is 0.493 e. The van der Waals surface area contributed by atoms with Gasteiger partial charge in [-0.1, -0.05) is 59.9 Å². The first-order chi connectivity index (χ1) is 19.8. The molecule has 4 aromatic rings. The van der Waals surface area contributed by atoms with Gasteiger partial charge in [0.05, 0.1) is 41.1 Å². The number of esters is 2. The van der Waals surface area contributed by atoms with Crippen LogP contribution in [0.2, 0.25) is 0 Å². The highest BCUT2D eigenvalue weighted by atomic mass is 127. The summed E-state index contributed by atoms with van der Waals surface area (Å²) < 4.78 is 19.2. The minimum absolute atomic E-state index is 0.208. The molecule has 0 unspecified atom stereocenters. The molecule has 10 heteroatoms. The van der Waals surface area contributed by atoms with E-state index in [-0.39, 0.29) is 17.9 Å². The average Bonchev–Trinajstić information content (AvgIpc) is 3.27. The van der Waals surface area contributed by atoms with Gasteiger partial charge in [0, 0.05) is 3.57 Å². The predicted molar refractivity (Wildman–Crippen MR) is 164 cm³/mol. The molecule has 1 aliphatic rings. The minimum atomic E-state index is -0.675. The summed E-state index contributed by atoms with van der Waals surface area (Å²) in [7, 11) is 1.48. The lowest BCUT2D eigenvalue weighted by atomic mass is 9.96. The SMILES string of the molecule is CCOC(=O)C1=C(C)N=c2s/c(=C/c3ccc(OC(=O)c4ccccc4I)c(OC)c3)c(=O)n2[C@H]1c1ccccc1. The fraction of sp³-hybridized carbons (Fsp3) is 0.161. The molecule has 1 aromatic heterocycles. The van der Waals surface area contributed by atoms with Crippen LogP contribution in [0.1, 0.15) is 41.4 Å². The standard InChI is InChI=1S/C31H25IN2O6S/c1-4-39-30(37)26-18(2)33-31-34(27(26)20-10-6-5-7-11-20)28(35)25(41-31)17-19-14-15-23(24(16-19)38-3)40-29(36)21-12-8-9-13-22(21)32/h5-17,27H,4H2,1-3H3/b25-17+/t27-/m0/s1. The molecule has 1 aliphatic heterocycles. The monoisotopic (exact) mass is 680 g/mol. The third kappa shape index (κ3) is 5.75. The maximum Gasteiger partial charge on any atom is 0.344 e. The Morgan fingerprint density at radius 2 is 1.76 bits per heavy atom. The zero-order chi connectivity index (χ0) is 29.1. The summed E-state index contributed by atoms with van der Waals surface area (Å²) in [5.74, 6) is -0.400. The number of ether oxygens (including phenoxy) is 3. The van der Waals surface area contributed by atoms with Gasteiger partial charge in [-0.3, -0.25) is 9.36 Å². The molecule has 0 saturated heterocycles. The van der Waals surface area contributed by atoms with Crippen LogP contribution in [0.15, 0.2) is 93.9 Å². The lowest BCUT2D eigenvalue weighted by molar-refractivity contribution is -0.139. The van der Waals surface area contributed by atoms with E-state index in [0.717, 1.165) is 9.13 Å². The molecule has 0 bridgehead atoms. The Kier molecular flexibility index (Phi) is 8.50. The number of methoxy groups -OCH3 is 1. The molecule has 1 atom stereocenters. The number of benzene rings is 3. The second-order valence-corrected chi connectivity index (χ2v) is 11.2. The van der Waals surface area contributed by atoms with Crippen LogP contribution in [-0.2, 0) is 9.53 Å². The maximum atomic E-state index is 13.8. The van der Waals surface area contributed by atoms with Crippen molar-refractivity contribution >= 4 is 51.9 Å². The van der Waals surface area contributed by atoms with E-state index < -0.39 is 18.0 Å². The van der Waals surface area contributed by atoms with Crippen molar-refractivity contribution in [1.29, 1.82) is 0 Å². The number of hydrogen-bond acceptors (Lipinski definition) is 8. The normalized spacial score (nSPS) is 14.7. The molecule has 0 fully saturated rings. The Morgan fingerprint density at radius 1 is 1.02 bits per heavy atom. The van der Waals surface area contributed by atoms with Crippen molar-refractivity contribution in [3.05, 3.63) is 124 Å². The Balaban J connectivity index is 1.55. The van der Waals surface area contributed by atoms with Crippen LogP contribution in [0.25, 0.3) is 6.08 Å². The maximum absolute atomic E-state index is 13.8. The van der Waals surface area contributed by atoms with E-state index >= 15 is 0 Å². The molecule has 0 spiro atoms. The van der Waals surface area contributed by atoms with Gasteiger partial charge in [-0.2, -0.15) is 0 Å². The number of nitrogens with zero attached hydrogens (tertiary/aromatic N) is 2. The van der Waals surface area contributed by atoms with E-state index in [2.05, 4.69) is 27.6 Å². The van der Waals surface area contributed by atoms with E-state index in [1.807, 2.05) is 42.5 Å². The number of carbonyl (C=O) groups excluding carboxylic acids is 2. The molecule has 8 nitrogen and oxygen atoms in total. The van der Waals surface area contributed by atoms with Crippen LogP contribution in [-0.4, -0.2) is 30.2 Å². The molecule has 2 heterocycles. The predicted octanol–water partition coefficient (Wildman–Crippen LogP) is 4.63. The smallest absolute Gasteiger partial charge is 0.344 e. The summed E-state index contributed by atoms with van der Waals surface area (Å²) in [6.45, 7) is 3.70. The molecule has 5 rings (SSSR count). The fourth-order valence-corrected chi connectivity index (χ4v) is 6.19. The van der Waals surface area contributed by atoms with Crippen molar-refractivity contribution in [2.24, 2.45) is 4.99 Å². The molecule has 0 aliphatic carbocycles. The Bertz CT molecular complexity index is 1860. The van der Waals surface area contributed by atoms with Crippen molar-refractivity contribution in [1.82, 2.24) is 4.57 Å². The molecule has 208 valence electrons. The van der Waals surface area contributed by atoms with Gasteiger partial charge >= 0.3 is 11.9 Å². The number of aromatic nitrogens is 1. The highest BCUT2D eigenvalue weighted by Gasteiger charge is 2.33. The number of carbonyl (C=O) groups is 2. The fourth-order valence-electron chi connectivity index (χ4n) is 4.53. The molecular weight excluding hydrogens is 655 g/mol. The highest BCUT2D eigenvalue weighted by Crippen LogP contribution is 2.31. The van der Waals surface area contributed by atoms with Crippen LogP contribution in [0, 0.1) is 3.57 Å². The summed E-state index contributed by atoms with van der Waals surface area (Å²) in [6.07, 6.45) is 1.73. The van der Waals surface area contributed by atoms with Crippen LogP contribution >= 0.6 is 33.9 Å². The van der Waals surface area contributed by atoms with Crippen molar-refractivity contribution in [2.75, 3.05) is 13.7 Å². The zero-order valence-electron chi connectivity index (χ0n) is 22.4. The van der Waals surface area contributed by atoms with Gasteiger partial charge in [0.15, 0.2) is 16.3 Å². The van der Waals surface area contributed by atoms with Gasteiger partial charge in [-0.05, 0) is 77.9 Å². The van der Waals surface area contributed by atoms with Crippen LogP contribution < -0.4 is 24.4 Å². The molecule has 0 radical (unpaired) electrons. The number of allylic oxidation sites excluding steroid dienone is 1. The Hall–Kier alpha value is -4.03. The summed E-state index contributed by atoms with van der Waals surface area (Å²) in [5.41, 5.74) is 2.44. The molecular formula is C31H25IN2O6S. The lowest BCUT2D eigenvalue weighted by Gasteiger charge is -2.24. The van der Waals surface area contributed by atoms with Gasteiger partial charge in [0.25, 0.3) is 5.56 Å². The molecule has 0 N–H and O–H groups in total. The van der Waals surface area contributed by atoms with E-state index in [0.29, 0.717) is 37.5 Å². The van der Waals surface area contributed by atoms with Gasteiger partial charge in [0.1, 0.15) is 0 Å². The van der Waals surface area contributed by atoms with Gasteiger partial charge in [-0.15, -0.1) is 0 Å². The number of halogens is 1. The average molecular weight is 681 g/mol. The first kappa shape index (κ1) is 28.5. The Morgan fingerprint density at radius 3 is 2.46 bits per heavy atom. The summed E-state index contributed by atoms with van der Waals surface area (Å²) in [6, 6.07) is 20.9. The third-order valence-electron chi connectivity index (χ3n) is 6.41. The van der Waals surface area contributed by atoms with E-state index in [1.165, 1.54) is 18.4 Å². The topological polar surface area (TPSA) is 96.2 Å². The molecule has 0 amide bonds. The molecule has 41 heavy (non-hydrogen) atoms. The second kappa shape index (κ2) is 12.2. The second-order valence-electron chi connectivity index (χ2n) is 8.99. The number of rotatable bonds is 7. The van der Waals surface area contributed by atoms with Crippen molar-refractivity contribution in [3.63, 3.8) is 0 Å². The number of hydrogen-bond donors (Lipinski definition) is 0. The molecule has 3 aromatic carbocycles. The first-order valence-corrected chi connectivity index (χ1v) is 14.6.